The largest absolute Gasteiger partial charge is 0.490 e. The van der Waals surface area contributed by atoms with Crippen LogP contribution in [0.5, 0.6) is 0 Å². The summed E-state index contributed by atoms with van der Waals surface area (Å²) in [6.45, 7) is 4.88. The van der Waals surface area contributed by atoms with Crippen molar-refractivity contribution in [3.05, 3.63) is 84.2 Å². The van der Waals surface area contributed by atoms with Gasteiger partial charge in [0.25, 0.3) is 0 Å². The maximum Gasteiger partial charge on any atom is 0.490 e. The molecule has 1 unspecified atom stereocenters. The zero-order valence-electron chi connectivity index (χ0n) is 17.9. The van der Waals surface area contributed by atoms with Crippen LogP contribution in [0.15, 0.2) is 67.3 Å². The van der Waals surface area contributed by atoms with Crippen molar-refractivity contribution in [2.24, 2.45) is 0 Å². The number of nitrogens with one attached hydrogen (secondary N) is 1. The molecule has 0 saturated carbocycles. The summed E-state index contributed by atoms with van der Waals surface area (Å²) in [4.78, 5) is 22.2. The fourth-order valence-corrected chi connectivity index (χ4v) is 3.12. The minimum absolute atomic E-state index is 0.207. The highest BCUT2D eigenvalue weighted by atomic mass is 19.4. The Hall–Kier alpha value is -3.79. The van der Waals surface area contributed by atoms with Crippen molar-refractivity contribution in [2.75, 3.05) is 0 Å². The summed E-state index contributed by atoms with van der Waals surface area (Å²) >= 11 is 0. The number of aliphatic carboxylic acids is 1. The smallest absolute Gasteiger partial charge is 0.475 e. The number of halogens is 3. The molecule has 0 aliphatic rings. The molecule has 172 valence electrons. The standard InChI is InChI=1S/C21H21N5.C2HF3O2/c1-15(18-8-7-17-5-3-9-23-20(17)13-18)25-14-19-6-4-10-24-21(19)26-12-11-22-16(26)2;3-2(4,5)1(6)7/h3-13,15,25H,14H2,1-2H3;(H,6,7). The Labute approximate surface area is 188 Å². The Morgan fingerprint density at radius 3 is 2.45 bits per heavy atom. The number of rotatable bonds is 5. The van der Waals surface area contributed by atoms with E-state index in [9.17, 15) is 13.2 Å². The third kappa shape index (κ3) is 6.13. The number of aromatic nitrogens is 4. The monoisotopic (exact) mass is 457 g/mol. The van der Waals surface area contributed by atoms with E-state index in [1.807, 2.05) is 42.2 Å². The van der Waals surface area contributed by atoms with Gasteiger partial charge in [0.15, 0.2) is 0 Å². The zero-order chi connectivity index (χ0) is 24.0. The van der Waals surface area contributed by atoms with Crippen LogP contribution in [0.3, 0.4) is 0 Å². The van der Waals surface area contributed by atoms with Crippen LogP contribution >= 0.6 is 0 Å². The van der Waals surface area contributed by atoms with Crippen LogP contribution in [0, 0.1) is 6.92 Å². The fourth-order valence-electron chi connectivity index (χ4n) is 3.12. The van der Waals surface area contributed by atoms with Gasteiger partial charge in [-0.15, -0.1) is 0 Å². The first-order valence-corrected chi connectivity index (χ1v) is 9.99. The number of carboxylic acid groups (broad SMARTS) is 1. The van der Waals surface area contributed by atoms with Crippen LogP contribution in [-0.2, 0) is 11.3 Å². The first-order chi connectivity index (χ1) is 15.7. The molecule has 0 aliphatic heterocycles. The van der Waals surface area contributed by atoms with Gasteiger partial charge >= 0.3 is 12.1 Å². The lowest BCUT2D eigenvalue weighted by Crippen LogP contribution is -2.21. The Bertz CT molecular complexity index is 1240. The second-order valence-electron chi connectivity index (χ2n) is 7.19. The van der Waals surface area contributed by atoms with E-state index < -0.39 is 12.1 Å². The molecule has 0 amide bonds. The number of aryl methyl sites for hydroxylation is 1. The number of carbonyl (C=O) groups is 1. The van der Waals surface area contributed by atoms with Crippen LogP contribution in [0.1, 0.15) is 29.9 Å². The van der Waals surface area contributed by atoms with Crippen molar-refractivity contribution < 1.29 is 23.1 Å². The molecule has 0 saturated heterocycles. The first-order valence-electron chi connectivity index (χ1n) is 9.99. The Kier molecular flexibility index (Phi) is 7.39. The zero-order valence-corrected chi connectivity index (χ0v) is 17.9. The van der Waals surface area contributed by atoms with Crippen molar-refractivity contribution in [3.8, 4) is 5.82 Å². The maximum atomic E-state index is 10.6. The highest BCUT2D eigenvalue weighted by molar-refractivity contribution is 5.79. The van der Waals surface area contributed by atoms with E-state index in [2.05, 4.69) is 57.5 Å². The highest BCUT2D eigenvalue weighted by Gasteiger charge is 2.38. The topological polar surface area (TPSA) is 92.9 Å². The van der Waals surface area contributed by atoms with Gasteiger partial charge in [-0.25, -0.2) is 14.8 Å². The first kappa shape index (κ1) is 23.9. The lowest BCUT2D eigenvalue weighted by molar-refractivity contribution is -0.192. The number of benzene rings is 1. The number of hydrogen-bond donors (Lipinski definition) is 2. The molecule has 1 atom stereocenters. The molecule has 0 fully saturated rings. The lowest BCUT2D eigenvalue weighted by Gasteiger charge is -2.17. The molecule has 1 aromatic carbocycles. The minimum Gasteiger partial charge on any atom is -0.475 e. The van der Waals surface area contributed by atoms with E-state index in [4.69, 9.17) is 9.90 Å². The Morgan fingerprint density at radius 2 is 1.79 bits per heavy atom. The van der Waals surface area contributed by atoms with E-state index in [0.717, 1.165) is 34.7 Å². The van der Waals surface area contributed by atoms with E-state index in [-0.39, 0.29) is 6.04 Å². The van der Waals surface area contributed by atoms with E-state index in [0.29, 0.717) is 0 Å². The van der Waals surface area contributed by atoms with E-state index in [1.165, 1.54) is 5.56 Å². The molecule has 4 rings (SSSR count). The van der Waals surface area contributed by atoms with Gasteiger partial charge in [-0.1, -0.05) is 24.3 Å². The predicted molar refractivity (Wildman–Crippen MR) is 117 cm³/mol. The number of pyridine rings is 2. The quantitative estimate of drug-likeness (QED) is 0.455. The molecule has 2 N–H and O–H groups in total. The average molecular weight is 457 g/mol. The number of hydrogen-bond acceptors (Lipinski definition) is 5. The summed E-state index contributed by atoms with van der Waals surface area (Å²) in [7, 11) is 0. The molecule has 3 aromatic heterocycles. The summed E-state index contributed by atoms with van der Waals surface area (Å²) in [6, 6.07) is 14.8. The number of fused-ring (bicyclic) bond motifs is 1. The van der Waals surface area contributed by atoms with Gasteiger partial charge in [-0.2, -0.15) is 13.2 Å². The lowest BCUT2D eigenvalue weighted by atomic mass is 10.1. The van der Waals surface area contributed by atoms with Crippen molar-refractivity contribution in [2.45, 2.75) is 32.6 Å². The average Bonchev–Trinajstić information content (AvgIpc) is 3.22. The third-order valence-corrected chi connectivity index (χ3v) is 4.89. The van der Waals surface area contributed by atoms with Crippen LogP contribution in [0.4, 0.5) is 13.2 Å². The summed E-state index contributed by atoms with van der Waals surface area (Å²) < 4.78 is 33.8. The van der Waals surface area contributed by atoms with Crippen LogP contribution < -0.4 is 5.32 Å². The summed E-state index contributed by atoms with van der Waals surface area (Å²) in [6.07, 6.45) is 2.31. The van der Waals surface area contributed by atoms with E-state index in [1.54, 1.807) is 6.20 Å². The van der Waals surface area contributed by atoms with Gasteiger partial charge in [-0.05, 0) is 37.6 Å². The molecule has 0 bridgehead atoms. The minimum atomic E-state index is -5.08. The summed E-state index contributed by atoms with van der Waals surface area (Å²) in [5.74, 6) is -0.909. The number of carboxylic acids is 1. The van der Waals surface area contributed by atoms with Gasteiger partial charge < -0.3 is 10.4 Å². The van der Waals surface area contributed by atoms with Crippen molar-refractivity contribution >= 4 is 16.9 Å². The van der Waals surface area contributed by atoms with Gasteiger partial charge in [0.2, 0.25) is 0 Å². The summed E-state index contributed by atoms with van der Waals surface area (Å²) in [5, 5.41) is 11.9. The number of imidazole rings is 1. The predicted octanol–water partition coefficient (Wildman–Crippen LogP) is 4.61. The molecule has 10 heteroatoms. The molecule has 0 spiro atoms. The van der Waals surface area contributed by atoms with Gasteiger partial charge in [0.1, 0.15) is 11.6 Å². The number of nitrogens with zero attached hydrogens (tertiary/aromatic N) is 4. The highest BCUT2D eigenvalue weighted by Crippen LogP contribution is 2.20. The van der Waals surface area contributed by atoms with Crippen LogP contribution in [0.25, 0.3) is 16.7 Å². The molecule has 33 heavy (non-hydrogen) atoms. The Balaban J connectivity index is 0.000000383. The second kappa shape index (κ2) is 10.2. The van der Waals surface area contributed by atoms with Crippen LogP contribution in [-0.4, -0.2) is 36.8 Å². The molecule has 3 heterocycles. The number of alkyl halides is 3. The molecular formula is C23H22F3N5O2. The maximum absolute atomic E-state index is 10.6. The van der Waals surface area contributed by atoms with Crippen molar-refractivity contribution in [1.29, 1.82) is 0 Å². The second-order valence-corrected chi connectivity index (χ2v) is 7.19. The van der Waals surface area contributed by atoms with Crippen LogP contribution in [0.2, 0.25) is 0 Å². The summed E-state index contributed by atoms with van der Waals surface area (Å²) in [5.41, 5.74) is 3.38. The third-order valence-electron chi connectivity index (χ3n) is 4.89. The SMILES string of the molecule is Cc1nccn1-c1ncccc1CNC(C)c1ccc2cccnc2c1.O=C(O)C(F)(F)F. The van der Waals surface area contributed by atoms with Gasteiger partial charge in [0.05, 0.1) is 5.52 Å². The van der Waals surface area contributed by atoms with Gasteiger partial charge in [-0.3, -0.25) is 9.55 Å². The normalized spacial score (nSPS) is 12.2. The Morgan fingerprint density at radius 1 is 1.09 bits per heavy atom. The molecule has 0 aliphatic carbocycles. The van der Waals surface area contributed by atoms with Crippen molar-refractivity contribution in [3.63, 3.8) is 0 Å². The van der Waals surface area contributed by atoms with Crippen molar-refractivity contribution in [1.82, 2.24) is 24.8 Å². The van der Waals surface area contributed by atoms with Gasteiger partial charge in [0, 0.05) is 48.3 Å². The molecule has 0 radical (unpaired) electrons. The molecule has 4 aromatic rings. The van der Waals surface area contributed by atoms with E-state index >= 15 is 0 Å². The fraction of sp³-hybridized carbons (Fsp3) is 0.217. The molecule has 7 nitrogen and oxygen atoms in total. The molecular weight excluding hydrogens is 435 g/mol.